The van der Waals surface area contributed by atoms with Crippen LogP contribution in [-0.4, -0.2) is 54.5 Å². The fraction of sp³-hybridized carbons (Fsp3) is 0.524. The molecule has 1 saturated heterocycles. The highest BCUT2D eigenvalue weighted by Gasteiger charge is 2.40. The van der Waals surface area contributed by atoms with E-state index >= 15 is 0 Å². The van der Waals surface area contributed by atoms with Gasteiger partial charge in [0.25, 0.3) is 0 Å². The highest BCUT2D eigenvalue weighted by Crippen LogP contribution is 2.39. The summed E-state index contributed by atoms with van der Waals surface area (Å²) in [7, 11) is 1.76. The Morgan fingerprint density at radius 3 is 2.64 bits per heavy atom. The number of benzene rings is 1. The van der Waals surface area contributed by atoms with Crippen LogP contribution in [0.25, 0.3) is 11.3 Å². The van der Waals surface area contributed by atoms with Crippen molar-refractivity contribution in [2.45, 2.75) is 25.3 Å². The van der Waals surface area contributed by atoms with Gasteiger partial charge in [-0.25, -0.2) is 4.39 Å². The Labute approximate surface area is 170 Å². The number of hydrogen-bond acceptors (Lipinski definition) is 5. The smallest absolute Gasteiger partial charge is 0.148 e. The number of likely N-dealkylation sites (tertiary alicyclic amines) is 1. The van der Waals surface area contributed by atoms with Gasteiger partial charge in [0.05, 0.1) is 10.7 Å². The second kappa shape index (κ2) is 8.72. The summed E-state index contributed by atoms with van der Waals surface area (Å²) in [6, 6.07) is 8.43. The number of hydrogen-bond donors (Lipinski definition) is 1. The third kappa shape index (κ3) is 4.45. The number of nitrogens with one attached hydrogen (secondary N) is 1. The van der Waals surface area contributed by atoms with Gasteiger partial charge >= 0.3 is 0 Å². The van der Waals surface area contributed by atoms with Gasteiger partial charge in [0.15, 0.2) is 0 Å². The standard InChI is InChI=1S/C21H26ClFN4O/c1-28-8-2-7-27-12-14-9-17(10-15(14)13-27)24-21-6-5-20(25-26-21)18-11-16(23)3-4-19(18)22/h3-6,11,14-15,17H,2,7-10,12-13H2,1H3,(H,24,26). The van der Waals surface area contributed by atoms with Gasteiger partial charge in [0, 0.05) is 45.0 Å². The third-order valence-electron chi connectivity index (χ3n) is 5.87. The van der Waals surface area contributed by atoms with E-state index < -0.39 is 0 Å². The molecule has 0 radical (unpaired) electrons. The minimum atomic E-state index is -0.336. The van der Waals surface area contributed by atoms with E-state index in [9.17, 15) is 4.39 Å². The molecule has 2 aromatic rings. The van der Waals surface area contributed by atoms with E-state index in [-0.39, 0.29) is 5.82 Å². The molecule has 1 N–H and O–H groups in total. The third-order valence-corrected chi connectivity index (χ3v) is 6.20. The average Bonchev–Trinajstić information content (AvgIpc) is 3.23. The average molecular weight is 405 g/mol. The summed E-state index contributed by atoms with van der Waals surface area (Å²) in [5, 5.41) is 12.5. The first kappa shape index (κ1) is 19.6. The summed E-state index contributed by atoms with van der Waals surface area (Å²) in [5.74, 6) is 1.95. The zero-order valence-corrected chi connectivity index (χ0v) is 16.8. The van der Waals surface area contributed by atoms with E-state index in [4.69, 9.17) is 16.3 Å². The minimum Gasteiger partial charge on any atom is -0.385 e. The van der Waals surface area contributed by atoms with E-state index in [0.717, 1.165) is 37.2 Å². The summed E-state index contributed by atoms with van der Waals surface area (Å²) in [6.07, 6.45) is 3.45. The lowest BCUT2D eigenvalue weighted by Crippen LogP contribution is -2.26. The van der Waals surface area contributed by atoms with E-state index in [1.54, 1.807) is 7.11 Å². The van der Waals surface area contributed by atoms with Crippen LogP contribution >= 0.6 is 11.6 Å². The fourth-order valence-corrected chi connectivity index (χ4v) is 4.80. The SMILES string of the molecule is COCCCN1CC2CC(Nc3ccc(-c4cc(F)ccc4Cl)nn3)CC2C1. The Balaban J connectivity index is 1.31. The van der Waals surface area contributed by atoms with Crippen molar-refractivity contribution in [1.82, 2.24) is 15.1 Å². The number of ether oxygens (including phenoxy) is 1. The van der Waals surface area contributed by atoms with Gasteiger partial charge in [0.2, 0.25) is 0 Å². The Hall–Kier alpha value is -1.76. The highest BCUT2D eigenvalue weighted by molar-refractivity contribution is 6.33. The van der Waals surface area contributed by atoms with Crippen molar-refractivity contribution in [2.24, 2.45) is 11.8 Å². The topological polar surface area (TPSA) is 50.3 Å². The maximum atomic E-state index is 13.5. The van der Waals surface area contributed by atoms with Crippen molar-refractivity contribution in [1.29, 1.82) is 0 Å². The molecular formula is C21H26ClFN4O. The first-order valence-corrected chi connectivity index (χ1v) is 10.3. The maximum absolute atomic E-state index is 13.5. The van der Waals surface area contributed by atoms with Gasteiger partial charge in [-0.3, -0.25) is 0 Å². The molecule has 0 bridgehead atoms. The molecule has 150 valence electrons. The largest absolute Gasteiger partial charge is 0.385 e. The molecule has 5 nitrogen and oxygen atoms in total. The van der Waals surface area contributed by atoms with Crippen LogP contribution in [0.15, 0.2) is 30.3 Å². The second-order valence-electron chi connectivity index (χ2n) is 7.87. The number of anilines is 1. The predicted octanol–water partition coefficient (Wildman–Crippen LogP) is 4.09. The Bertz CT molecular complexity index is 789. The lowest BCUT2D eigenvalue weighted by atomic mass is 10.0. The number of rotatable bonds is 7. The Morgan fingerprint density at radius 2 is 1.96 bits per heavy atom. The molecular weight excluding hydrogens is 379 g/mol. The van der Waals surface area contributed by atoms with E-state index in [1.165, 1.54) is 44.1 Å². The van der Waals surface area contributed by atoms with Gasteiger partial charge in [-0.1, -0.05) is 11.6 Å². The summed E-state index contributed by atoms with van der Waals surface area (Å²) in [6.45, 7) is 4.35. The number of aromatic nitrogens is 2. The zero-order valence-electron chi connectivity index (χ0n) is 16.1. The molecule has 2 unspecified atom stereocenters. The molecule has 2 fully saturated rings. The minimum absolute atomic E-state index is 0.336. The second-order valence-corrected chi connectivity index (χ2v) is 8.27. The van der Waals surface area contributed by atoms with Crippen LogP contribution in [0, 0.1) is 17.7 Å². The fourth-order valence-electron chi connectivity index (χ4n) is 4.59. The number of fused-ring (bicyclic) bond motifs is 1. The van der Waals surface area contributed by atoms with Gasteiger partial charge < -0.3 is 15.0 Å². The number of halogens is 2. The molecule has 1 aromatic heterocycles. The van der Waals surface area contributed by atoms with Gasteiger partial charge in [0.1, 0.15) is 11.6 Å². The molecule has 0 spiro atoms. The zero-order chi connectivity index (χ0) is 19.5. The lowest BCUT2D eigenvalue weighted by Gasteiger charge is -2.19. The Kier molecular flexibility index (Phi) is 6.09. The van der Waals surface area contributed by atoms with Crippen molar-refractivity contribution in [3.63, 3.8) is 0 Å². The van der Waals surface area contributed by atoms with Gasteiger partial charge in [-0.05, 0) is 61.4 Å². The summed E-state index contributed by atoms with van der Waals surface area (Å²) < 4.78 is 18.6. The molecule has 1 aliphatic carbocycles. The van der Waals surface area contributed by atoms with Crippen LogP contribution < -0.4 is 5.32 Å². The highest BCUT2D eigenvalue weighted by atomic mass is 35.5. The molecule has 2 aliphatic rings. The van der Waals surface area contributed by atoms with Gasteiger partial charge in [-0.15, -0.1) is 10.2 Å². The molecule has 28 heavy (non-hydrogen) atoms. The van der Waals surface area contributed by atoms with Crippen LogP contribution in [0.1, 0.15) is 19.3 Å². The van der Waals surface area contributed by atoms with Crippen molar-refractivity contribution in [2.75, 3.05) is 38.7 Å². The van der Waals surface area contributed by atoms with E-state index in [2.05, 4.69) is 20.4 Å². The Morgan fingerprint density at radius 1 is 1.18 bits per heavy atom. The van der Waals surface area contributed by atoms with Crippen LogP contribution in [0.2, 0.25) is 5.02 Å². The molecule has 4 rings (SSSR count). The van der Waals surface area contributed by atoms with E-state index in [1.807, 2.05) is 12.1 Å². The maximum Gasteiger partial charge on any atom is 0.148 e. The number of nitrogens with zero attached hydrogens (tertiary/aromatic N) is 3. The first-order valence-electron chi connectivity index (χ1n) is 9.89. The molecule has 7 heteroatoms. The molecule has 2 atom stereocenters. The van der Waals surface area contributed by atoms with Crippen LogP contribution in [0.5, 0.6) is 0 Å². The van der Waals surface area contributed by atoms with E-state index in [0.29, 0.717) is 22.3 Å². The predicted molar refractivity (Wildman–Crippen MR) is 109 cm³/mol. The van der Waals surface area contributed by atoms with Crippen LogP contribution in [0.4, 0.5) is 10.2 Å². The molecule has 1 aromatic carbocycles. The molecule has 1 saturated carbocycles. The van der Waals surface area contributed by atoms with Crippen molar-refractivity contribution in [3.8, 4) is 11.3 Å². The summed E-state index contributed by atoms with van der Waals surface area (Å²) >= 11 is 6.15. The van der Waals surface area contributed by atoms with Gasteiger partial charge in [-0.2, -0.15) is 0 Å². The van der Waals surface area contributed by atoms with Crippen molar-refractivity contribution >= 4 is 17.4 Å². The molecule has 0 amide bonds. The van der Waals surface area contributed by atoms with Crippen molar-refractivity contribution < 1.29 is 9.13 Å². The lowest BCUT2D eigenvalue weighted by molar-refractivity contribution is 0.177. The normalized spacial score (nSPS) is 24.5. The molecule has 2 heterocycles. The summed E-state index contributed by atoms with van der Waals surface area (Å²) in [4.78, 5) is 2.57. The van der Waals surface area contributed by atoms with Crippen LogP contribution in [0.3, 0.4) is 0 Å². The molecule has 1 aliphatic heterocycles. The first-order chi connectivity index (χ1) is 13.6. The number of methoxy groups -OCH3 is 1. The van der Waals surface area contributed by atoms with Crippen LogP contribution in [-0.2, 0) is 4.74 Å². The quantitative estimate of drug-likeness (QED) is 0.704. The monoisotopic (exact) mass is 404 g/mol. The summed E-state index contributed by atoms with van der Waals surface area (Å²) in [5.41, 5.74) is 1.13. The van der Waals surface area contributed by atoms with Crippen molar-refractivity contribution in [3.05, 3.63) is 41.2 Å².